The van der Waals surface area contributed by atoms with Crippen LogP contribution in [0, 0.1) is 5.92 Å². The summed E-state index contributed by atoms with van der Waals surface area (Å²) in [7, 11) is 2.23. The molecule has 2 aliphatic heterocycles. The van der Waals surface area contributed by atoms with Gasteiger partial charge in [-0.1, -0.05) is 6.07 Å². The predicted molar refractivity (Wildman–Crippen MR) is 107 cm³/mol. The Balaban J connectivity index is 1.42. The number of phenolic OH excluding ortho intramolecular Hbond substituents is 1. The molecule has 2 bridgehead atoms. The lowest BCUT2D eigenvalue weighted by atomic mass is 9.51. The van der Waals surface area contributed by atoms with Crippen molar-refractivity contribution in [3.05, 3.63) is 53.3 Å². The van der Waals surface area contributed by atoms with Gasteiger partial charge in [0.1, 0.15) is 6.10 Å². The number of ether oxygens (including phenoxy) is 1. The third-order valence-electron chi connectivity index (χ3n) is 7.84. The number of carbonyl (C=O) groups is 1. The average molecular weight is 391 g/mol. The van der Waals surface area contributed by atoms with Crippen molar-refractivity contribution in [2.45, 2.75) is 49.3 Å². The van der Waals surface area contributed by atoms with Crippen molar-refractivity contribution in [3.8, 4) is 11.5 Å². The van der Waals surface area contributed by atoms with E-state index in [0.29, 0.717) is 23.3 Å². The first-order chi connectivity index (χ1) is 14.1. The smallest absolute Gasteiger partial charge is 0.253 e. The third kappa shape index (κ3) is 2.21. The molecule has 1 amide bonds. The highest BCUT2D eigenvalue weighted by atomic mass is 16.5. The van der Waals surface area contributed by atoms with Crippen LogP contribution in [0.3, 0.4) is 0 Å². The number of carbonyl (C=O) groups excluding carboxylic acids is 1. The van der Waals surface area contributed by atoms with E-state index in [1.807, 2.05) is 0 Å². The minimum absolute atomic E-state index is 0.0826. The number of nitrogens with one attached hydrogen (secondary N) is 1. The first kappa shape index (κ1) is 17.3. The van der Waals surface area contributed by atoms with Gasteiger partial charge in [-0.05, 0) is 69.0 Å². The number of phenols is 1. The fourth-order valence-electron chi connectivity index (χ4n) is 6.63. The zero-order chi connectivity index (χ0) is 19.8. The second-order valence-corrected chi connectivity index (χ2v) is 9.03. The topological polar surface area (TPSA) is 74.7 Å². The van der Waals surface area contributed by atoms with Crippen molar-refractivity contribution in [1.29, 1.82) is 0 Å². The number of rotatable bonds is 2. The molecule has 1 spiro atoms. The molecule has 6 heteroatoms. The Bertz CT molecular complexity index is 994. The number of aromatic hydroxyl groups is 1. The molecule has 2 aromatic rings. The zero-order valence-electron chi connectivity index (χ0n) is 16.5. The Hall–Kier alpha value is -2.60. The highest BCUT2D eigenvalue weighted by Crippen LogP contribution is 2.63. The standard InChI is InChI=1S/C23H25N3O3/c1-26-10-8-23-15-5-6-16(25-22(28)14-3-2-9-24-12-14)21(23)29-20-18(27)7-4-13(19(20)23)11-17(15)26/h2-4,7,9,12,15-17,21,27H,5-6,8,10-11H2,1H3,(H,25,28)/t15-,16-,17+,21-,23-/m0/s1. The number of amides is 1. The van der Waals surface area contributed by atoms with Gasteiger partial charge < -0.3 is 20.1 Å². The van der Waals surface area contributed by atoms with Crippen molar-refractivity contribution < 1.29 is 14.6 Å². The molecule has 2 aliphatic carbocycles. The summed E-state index contributed by atoms with van der Waals surface area (Å²) in [6.45, 7) is 1.01. The summed E-state index contributed by atoms with van der Waals surface area (Å²) in [5, 5.41) is 13.8. The molecule has 0 unspecified atom stereocenters. The number of hydrogen-bond acceptors (Lipinski definition) is 5. The van der Waals surface area contributed by atoms with E-state index in [1.165, 1.54) is 11.1 Å². The number of piperidine rings is 1. The van der Waals surface area contributed by atoms with Crippen molar-refractivity contribution in [1.82, 2.24) is 15.2 Å². The summed E-state index contributed by atoms with van der Waals surface area (Å²) in [5.74, 6) is 1.26. The lowest BCUT2D eigenvalue weighted by Gasteiger charge is -2.59. The van der Waals surface area contributed by atoms with Crippen LogP contribution in [0.15, 0.2) is 36.7 Å². The number of pyridine rings is 1. The third-order valence-corrected chi connectivity index (χ3v) is 7.84. The van der Waals surface area contributed by atoms with Gasteiger partial charge >= 0.3 is 0 Å². The lowest BCUT2D eigenvalue weighted by molar-refractivity contribution is -0.0558. The molecule has 1 aromatic heterocycles. The number of benzene rings is 1. The van der Waals surface area contributed by atoms with Gasteiger partial charge in [0.2, 0.25) is 0 Å². The maximum absolute atomic E-state index is 12.9. The molecule has 5 atom stereocenters. The lowest BCUT2D eigenvalue weighted by Crippen LogP contribution is -2.68. The molecule has 3 heterocycles. The minimum atomic E-state index is -0.138. The number of aromatic nitrogens is 1. The van der Waals surface area contributed by atoms with Crippen LogP contribution in [-0.2, 0) is 11.8 Å². The van der Waals surface area contributed by atoms with Gasteiger partial charge in [0.25, 0.3) is 5.91 Å². The fourth-order valence-corrected chi connectivity index (χ4v) is 6.63. The highest BCUT2D eigenvalue weighted by Gasteiger charge is 2.65. The molecule has 2 fully saturated rings. The van der Waals surface area contributed by atoms with E-state index in [0.717, 1.165) is 32.2 Å². The van der Waals surface area contributed by atoms with Crippen molar-refractivity contribution in [2.24, 2.45) is 5.92 Å². The minimum Gasteiger partial charge on any atom is -0.504 e. The average Bonchev–Trinajstić information content (AvgIpc) is 3.10. The van der Waals surface area contributed by atoms with Crippen LogP contribution in [0.1, 0.15) is 40.7 Å². The monoisotopic (exact) mass is 391 g/mol. The Morgan fingerprint density at radius 1 is 1.34 bits per heavy atom. The maximum atomic E-state index is 12.9. The van der Waals surface area contributed by atoms with Crippen LogP contribution < -0.4 is 10.1 Å². The van der Waals surface area contributed by atoms with Crippen LogP contribution in [0.2, 0.25) is 0 Å². The van der Waals surface area contributed by atoms with Crippen LogP contribution in [-0.4, -0.2) is 52.7 Å². The van der Waals surface area contributed by atoms with Crippen molar-refractivity contribution >= 4 is 5.91 Å². The van der Waals surface area contributed by atoms with E-state index >= 15 is 0 Å². The number of hydrogen-bond donors (Lipinski definition) is 2. The predicted octanol–water partition coefficient (Wildman–Crippen LogP) is 2.25. The van der Waals surface area contributed by atoms with Gasteiger partial charge in [0.05, 0.1) is 11.6 Å². The molecule has 29 heavy (non-hydrogen) atoms. The van der Waals surface area contributed by atoms with E-state index < -0.39 is 0 Å². The summed E-state index contributed by atoms with van der Waals surface area (Å²) in [6, 6.07) is 7.81. The Morgan fingerprint density at radius 2 is 2.24 bits per heavy atom. The second kappa shape index (κ2) is 5.95. The van der Waals surface area contributed by atoms with Crippen LogP contribution in [0.25, 0.3) is 0 Å². The van der Waals surface area contributed by atoms with Crippen LogP contribution >= 0.6 is 0 Å². The SMILES string of the molecule is CN1CC[C@]23c4c5ccc(O)c4O[C@H]2[C@@H](NC(=O)c2cccnc2)CC[C@H]3[C@H]1C5. The molecule has 6 rings (SSSR count). The van der Waals surface area contributed by atoms with E-state index in [4.69, 9.17) is 4.74 Å². The van der Waals surface area contributed by atoms with E-state index in [9.17, 15) is 9.90 Å². The number of nitrogens with zero attached hydrogens (tertiary/aromatic N) is 2. The maximum Gasteiger partial charge on any atom is 0.253 e. The summed E-state index contributed by atoms with van der Waals surface area (Å²) >= 11 is 0. The van der Waals surface area contributed by atoms with E-state index in [2.05, 4.69) is 28.3 Å². The molecule has 6 nitrogen and oxygen atoms in total. The van der Waals surface area contributed by atoms with Crippen molar-refractivity contribution in [3.63, 3.8) is 0 Å². The highest BCUT2D eigenvalue weighted by molar-refractivity contribution is 5.94. The molecule has 1 saturated carbocycles. The first-order valence-corrected chi connectivity index (χ1v) is 10.5. The van der Waals surface area contributed by atoms with Gasteiger partial charge in [-0.2, -0.15) is 0 Å². The Morgan fingerprint density at radius 3 is 3.07 bits per heavy atom. The quantitative estimate of drug-likeness (QED) is 0.821. The zero-order valence-corrected chi connectivity index (χ0v) is 16.5. The fraction of sp³-hybridized carbons (Fsp3) is 0.478. The molecule has 150 valence electrons. The molecule has 4 aliphatic rings. The van der Waals surface area contributed by atoms with Gasteiger partial charge in [0, 0.05) is 29.4 Å². The Kier molecular flexibility index (Phi) is 3.55. The van der Waals surface area contributed by atoms with Gasteiger partial charge in [-0.15, -0.1) is 0 Å². The first-order valence-electron chi connectivity index (χ1n) is 10.5. The van der Waals surface area contributed by atoms with Crippen LogP contribution in [0.4, 0.5) is 0 Å². The largest absolute Gasteiger partial charge is 0.504 e. The van der Waals surface area contributed by atoms with E-state index in [1.54, 1.807) is 30.6 Å². The summed E-state index contributed by atoms with van der Waals surface area (Å²) < 4.78 is 6.50. The summed E-state index contributed by atoms with van der Waals surface area (Å²) in [5.41, 5.74) is 2.96. The van der Waals surface area contributed by atoms with Crippen LogP contribution in [0.5, 0.6) is 11.5 Å². The molecule has 1 saturated heterocycles. The number of likely N-dealkylation sites (N-methyl/N-ethyl adjacent to an activating group) is 1. The molecule has 2 N–H and O–H groups in total. The molecule has 1 aromatic carbocycles. The van der Waals surface area contributed by atoms with Gasteiger partial charge in [-0.25, -0.2) is 0 Å². The molecule has 0 radical (unpaired) electrons. The Labute approximate surface area is 169 Å². The van der Waals surface area contributed by atoms with Gasteiger partial charge in [-0.3, -0.25) is 9.78 Å². The number of likely N-dealkylation sites (tertiary alicyclic amines) is 1. The molecular weight excluding hydrogens is 366 g/mol. The second-order valence-electron chi connectivity index (χ2n) is 9.03. The van der Waals surface area contributed by atoms with Crippen molar-refractivity contribution in [2.75, 3.05) is 13.6 Å². The van der Waals surface area contributed by atoms with E-state index in [-0.39, 0.29) is 29.2 Å². The summed E-state index contributed by atoms with van der Waals surface area (Å²) in [6.07, 6.45) is 7.08. The van der Waals surface area contributed by atoms with Gasteiger partial charge in [0.15, 0.2) is 11.5 Å². The normalized spacial score (nSPS) is 34.2. The summed E-state index contributed by atoms with van der Waals surface area (Å²) in [4.78, 5) is 19.4. The molecular formula is C23H25N3O3.